The summed E-state index contributed by atoms with van der Waals surface area (Å²) in [5.41, 5.74) is 0.662. The first kappa shape index (κ1) is 12.4. The van der Waals surface area contributed by atoms with Gasteiger partial charge in [-0.3, -0.25) is 0 Å². The third-order valence-electron chi connectivity index (χ3n) is 1.67. The maximum Gasteiger partial charge on any atom is 0.0157 e. The normalized spacial score (nSPS) is 13.5. The molecule has 0 bridgehead atoms. The molecule has 0 saturated heterocycles. The third kappa shape index (κ3) is 7.11. The molecular weight excluding hydrogens is 214 g/mol. The second-order valence-corrected chi connectivity index (χ2v) is 6.03. The van der Waals surface area contributed by atoms with E-state index in [0.29, 0.717) is 5.41 Å². The van der Waals surface area contributed by atoms with E-state index in [4.69, 9.17) is 0 Å². The van der Waals surface area contributed by atoms with Crippen LogP contribution in [0, 0.1) is 5.41 Å². The van der Waals surface area contributed by atoms with E-state index in [9.17, 15) is 0 Å². The van der Waals surface area contributed by atoms with E-state index in [1.54, 1.807) is 0 Å². The van der Waals surface area contributed by atoms with Gasteiger partial charge in [0.2, 0.25) is 0 Å². The first-order valence-corrected chi connectivity index (χ1v) is 5.70. The van der Waals surface area contributed by atoms with Gasteiger partial charge in [-0.2, -0.15) is 0 Å². The summed E-state index contributed by atoms with van der Waals surface area (Å²) in [6, 6.07) is 0. The van der Waals surface area contributed by atoms with E-state index in [-0.39, 0.29) is 5.54 Å². The molecule has 0 spiro atoms. The smallest absolute Gasteiger partial charge is 0.0157 e. The molecule has 0 unspecified atom stereocenters. The van der Waals surface area contributed by atoms with Crippen LogP contribution in [0.1, 0.15) is 41.0 Å². The van der Waals surface area contributed by atoms with Gasteiger partial charge in [-0.05, 0) is 25.7 Å². The second-order valence-electron chi connectivity index (χ2n) is 5.24. The van der Waals surface area contributed by atoms with Crippen molar-refractivity contribution >= 4 is 15.9 Å². The first-order valence-electron chi connectivity index (χ1n) is 4.58. The zero-order valence-electron chi connectivity index (χ0n) is 9.00. The Morgan fingerprint density at radius 2 is 1.58 bits per heavy atom. The molecule has 12 heavy (non-hydrogen) atoms. The fourth-order valence-electron chi connectivity index (χ4n) is 1.77. The zero-order chi connectivity index (χ0) is 9.83. The lowest BCUT2D eigenvalue weighted by molar-refractivity contribution is 0.246. The average molecular weight is 236 g/mol. The topological polar surface area (TPSA) is 12.0 Å². The lowest BCUT2D eigenvalue weighted by Gasteiger charge is -2.33. The molecule has 0 aliphatic rings. The highest BCUT2D eigenvalue weighted by Crippen LogP contribution is 2.26. The van der Waals surface area contributed by atoms with Crippen molar-refractivity contribution in [2.75, 3.05) is 11.9 Å². The van der Waals surface area contributed by atoms with Crippen molar-refractivity contribution in [3.8, 4) is 0 Å². The highest BCUT2D eigenvalue weighted by atomic mass is 79.9. The summed E-state index contributed by atoms with van der Waals surface area (Å²) < 4.78 is 0. The molecule has 0 radical (unpaired) electrons. The summed E-state index contributed by atoms with van der Waals surface area (Å²) in [7, 11) is 0. The number of alkyl halides is 1. The van der Waals surface area contributed by atoms with Crippen molar-refractivity contribution in [3.63, 3.8) is 0 Å². The van der Waals surface area contributed by atoms with Gasteiger partial charge in [-0.15, -0.1) is 0 Å². The summed E-state index contributed by atoms with van der Waals surface area (Å²) in [6.07, 6.45) is 1.20. The van der Waals surface area contributed by atoms with Crippen LogP contribution in [0.2, 0.25) is 0 Å². The van der Waals surface area contributed by atoms with Crippen molar-refractivity contribution in [2.45, 2.75) is 46.6 Å². The Bertz CT molecular complexity index is 124. The Morgan fingerprint density at radius 3 is 1.92 bits per heavy atom. The molecule has 0 rings (SSSR count). The zero-order valence-corrected chi connectivity index (χ0v) is 10.6. The van der Waals surface area contributed by atoms with Crippen molar-refractivity contribution in [3.05, 3.63) is 0 Å². The van der Waals surface area contributed by atoms with Gasteiger partial charge in [0, 0.05) is 17.4 Å². The minimum Gasteiger partial charge on any atom is -0.311 e. The van der Waals surface area contributed by atoms with Crippen molar-refractivity contribution in [2.24, 2.45) is 5.41 Å². The fourth-order valence-corrected chi connectivity index (χ4v) is 1.97. The van der Waals surface area contributed by atoms with Gasteiger partial charge in [0.25, 0.3) is 0 Å². The molecule has 0 aliphatic heterocycles. The highest BCUT2D eigenvalue weighted by molar-refractivity contribution is 9.09. The minimum atomic E-state index is 0.256. The lowest BCUT2D eigenvalue weighted by atomic mass is 9.82. The standard InChI is InChI=1S/C10H22BrN/c1-9(2,3)8-10(4,5)12-7-6-11/h12H,6-8H2,1-5H3. The quantitative estimate of drug-likeness (QED) is 0.739. The van der Waals surface area contributed by atoms with Gasteiger partial charge in [0.1, 0.15) is 0 Å². The Balaban J connectivity index is 3.86. The van der Waals surface area contributed by atoms with E-state index in [0.717, 1.165) is 11.9 Å². The van der Waals surface area contributed by atoms with Gasteiger partial charge in [0.15, 0.2) is 0 Å². The van der Waals surface area contributed by atoms with Crippen molar-refractivity contribution in [1.82, 2.24) is 5.32 Å². The summed E-state index contributed by atoms with van der Waals surface area (Å²) >= 11 is 3.42. The van der Waals surface area contributed by atoms with Gasteiger partial charge < -0.3 is 5.32 Å². The van der Waals surface area contributed by atoms with Crippen molar-refractivity contribution < 1.29 is 0 Å². The fraction of sp³-hybridized carbons (Fsp3) is 1.00. The Labute approximate surface area is 85.4 Å². The van der Waals surface area contributed by atoms with Crippen LogP contribution in [-0.4, -0.2) is 17.4 Å². The third-order valence-corrected chi connectivity index (χ3v) is 2.07. The van der Waals surface area contributed by atoms with Crippen LogP contribution in [0.15, 0.2) is 0 Å². The van der Waals surface area contributed by atoms with Crippen LogP contribution in [0.4, 0.5) is 0 Å². The average Bonchev–Trinajstić information content (AvgIpc) is 1.78. The van der Waals surface area contributed by atoms with Crippen LogP contribution in [0.5, 0.6) is 0 Å². The van der Waals surface area contributed by atoms with E-state index < -0.39 is 0 Å². The van der Waals surface area contributed by atoms with E-state index in [2.05, 4.69) is 55.9 Å². The van der Waals surface area contributed by atoms with E-state index in [1.807, 2.05) is 0 Å². The maximum atomic E-state index is 3.52. The van der Waals surface area contributed by atoms with Gasteiger partial charge in [-0.1, -0.05) is 36.7 Å². The van der Waals surface area contributed by atoms with Crippen LogP contribution < -0.4 is 5.32 Å². The van der Waals surface area contributed by atoms with Crippen LogP contribution in [0.3, 0.4) is 0 Å². The molecule has 1 N–H and O–H groups in total. The molecule has 0 fully saturated rings. The molecule has 0 atom stereocenters. The summed E-state index contributed by atoms with van der Waals surface area (Å²) in [5, 5.41) is 4.55. The lowest BCUT2D eigenvalue weighted by Crippen LogP contribution is -2.43. The number of hydrogen-bond donors (Lipinski definition) is 1. The monoisotopic (exact) mass is 235 g/mol. The van der Waals surface area contributed by atoms with Crippen molar-refractivity contribution in [1.29, 1.82) is 0 Å². The summed E-state index contributed by atoms with van der Waals surface area (Å²) in [4.78, 5) is 0. The molecular formula is C10H22BrN. The SMILES string of the molecule is CC(C)(C)CC(C)(C)NCCBr. The molecule has 0 aromatic carbocycles. The molecule has 74 valence electrons. The Kier molecular flexibility index (Phi) is 4.78. The van der Waals surface area contributed by atoms with E-state index >= 15 is 0 Å². The molecule has 0 heterocycles. The summed E-state index contributed by atoms with van der Waals surface area (Å²) in [5.74, 6) is 0. The predicted molar refractivity (Wildman–Crippen MR) is 59.9 cm³/mol. The first-order chi connectivity index (χ1) is 5.27. The van der Waals surface area contributed by atoms with Crippen LogP contribution in [0.25, 0.3) is 0 Å². The number of hydrogen-bond acceptors (Lipinski definition) is 1. The number of halogens is 1. The molecule has 0 saturated carbocycles. The molecule has 1 nitrogen and oxygen atoms in total. The van der Waals surface area contributed by atoms with E-state index in [1.165, 1.54) is 6.42 Å². The van der Waals surface area contributed by atoms with Crippen LogP contribution in [-0.2, 0) is 0 Å². The van der Waals surface area contributed by atoms with Gasteiger partial charge in [0.05, 0.1) is 0 Å². The molecule has 0 aromatic heterocycles. The highest BCUT2D eigenvalue weighted by Gasteiger charge is 2.24. The molecule has 0 aliphatic carbocycles. The minimum absolute atomic E-state index is 0.256. The largest absolute Gasteiger partial charge is 0.311 e. The molecule has 0 amide bonds. The Hall–Kier alpha value is 0.440. The second kappa shape index (κ2) is 4.61. The van der Waals surface area contributed by atoms with Gasteiger partial charge in [-0.25, -0.2) is 0 Å². The Morgan fingerprint density at radius 1 is 1.08 bits per heavy atom. The number of nitrogens with one attached hydrogen (secondary N) is 1. The maximum absolute atomic E-state index is 3.52. The summed E-state index contributed by atoms with van der Waals surface area (Å²) in [6.45, 7) is 12.4. The number of rotatable bonds is 4. The predicted octanol–water partition coefficient (Wildman–Crippen LogP) is 3.19. The molecule has 2 heteroatoms. The van der Waals surface area contributed by atoms with Gasteiger partial charge >= 0.3 is 0 Å². The van der Waals surface area contributed by atoms with Crippen LogP contribution >= 0.6 is 15.9 Å². The molecule has 0 aromatic rings.